The first-order valence-electron chi connectivity index (χ1n) is 7.52. The Hall–Kier alpha value is -0.760. The van der Waals surface area contributed by atoms with Crippen LogP contribution in [-0.4, -0.2) is 38.9 Å². The minimum absolute atomic E-state index is 0. The van der Waals surface area contributed by atoms with Crippen LogP contribution < -0.4 is 5.32 Å². The van der Waals surface area contributed by atoms with E-state index in [4.69, 9.17) is 0 Å². The van der Waals surface area contributed by atoms with Crippen LogP contribution in [0.5, 0.6) is 0 Å². The van der Waals surface area contributed by atoms with Gasteiger partial charge < -0.3 is 5.32 Å². The highest BCUT2D eigenvalue weighted by molar-refractivity contribution is 7.89. The Kier molecular flexibility index (Phi) is 7.38. The van der Waals surface area contributed by atoms with Gasteiger partial charge in [-0.05, 0) is 50.4 Å². The predicted molar refractivity (Wildman–Crippen MR) is 88.4 cm³/mol. The van der Waals surface area contributed by atoms with Gasteiger partial charge in [0.05, 0.1) is 0 Å². The van der Waals surface area contributed by atoms with E-state index >= 15 is 0 Å². The summed E-state index contributed by atoms with van der Waals surface area (Å²) in [6.07, 6.45) is 1.49. The second kappa shape index (κ2) is 8.37. The third-order valence-electron chi connectivity index (χ3n) is 4.09. The normalized spacial score (nSPS) is 17.0. The molecule has 1 aromatic rings. The smallest absolute Gasteiger partial charge is 0.245 e. The van der Waals surface area contributed by atoms with Crippen molar-refractivity contribution in [3.05, 3.63) is 29.3 Å². The van der Waals surface area contributed by atoms with Crippen molar-refractivity contribution >= 4 is 22.4 Å². The SMILES string of the molecule is CCNCC1CCN(S(=O)(=O)c2cc(C)c(F)cc2F)CC1.Cl. The van der Waals surface area contributed by atoms with Crippen molar-refractivity contribution in [1.29, 1.82) is 0 Å². The van der Waals surface area contributed by atoms with Gasteiger partial charge in [0.25, 0.3) is 0 Å². The summed E-state index contributed by atoms with van der Waals surface area (Å²) in [5.41, 5.74) is 0.127. The van der Waals surface area contributed by atoms with Crippen LogP contribution >= 0.6 is 12.4 Å². The molecule has 1 N–H and O–H groups in total. The molecule has 2 rings (SSSR count). The number of sulfonamides is 1. The summed E-state index contributed by atoms with van der Waals surface area (Å²) < 4.78 is 53.5. The van der Waals surface area contributed by atoms with Gasteiger partial charge in [0.15, 0.2) is 0 Å². The van der Waals surface area contributed by atoms with Crippen LogP contribution in [0.3, 0.4) is 0 Å². The molecule has 0 radical (unpaired) electrons. The molecule has 4 nitrogen and oxygen atoms in total. The molecule has 0 atom stereocenters. The second-order valence-corrected chi connectivity index (χ2v) is 7.59. The quantitative estimate of drug-likeness (QED) is 0.869. The van der Waals surface area contributed by atoms with Crippen LogP contribution in [0.2, 0.25) is 0 Å². The first-order chi connectivity index (χ1) is 10.4. The molecule has 0 spiro atoms. The van der Waals surface area contributed by atoms with Gasteiger partial charge in [-0.2, -0.15) is 4.31 Å². The lowest BCUT2D eigenvalue weighted by molar-refractivity contribution is 0.268. The first-order valence-corrected chi connectivity index (χ1v) is 8.96. The standard InChI is InChI=1S/C15H22F2N2O2S.ClH/c1-3-18-10-12-4-6-19(7-5-12)22(20,21)15-8-11(2)13(16)9-14(15)17;/h8-9,12,18H,3-7,10H2,1-2H3;1H. The molecule has 0 aromatic heterocycles. The molecular weight excluding hydrogens is 346 g/mol. The van der Waals surface area contributed by atoms with E-state index in [1.807, 2.05) is 6.92 Å². The number of nitrogens with zero attached hydrogens (tertiary/aromatic N) is 1. The molecule has 1 aromatic carbocycles. The summed E-state index contributed by atoms with van der Waals surface area (Å²) in [5.74, 6) is -1.33. The van der Waals surface area contributed by atoms with E-state index in [2.05, 4.69) is 5.32 Å². The van der Waals surface area contributed by atoms with Crippen molar-refractivity contribution in [2.75, 3.05) is 26.2 Å². The molecule has 0 saturated carbocycles. The van der Waals surface area contributed by atoms with Crippen molar-refractivity contribution in [1.82, 2.24) is 9.62 Å². The summed E-state index contributed by atoms with van der Waals surface area (Å²) in [4.78, 5) is -0.434. The second-order valence-electron chi connectivity index (χ2n) is 5.69. The van der Waals surface area contributed by atoms with Gasteiger partial charge in [-0.3, -0.25) is 0 Å². The highest BCUT2D eigenvalue weighted by Gasteiger charge is 2.31. The summed E-state index contributed by atoms with van der Waals surface area (Å²) in [6, 6.07) is 1.71. The van der Waals surface area contributed by atoms with Crippen LogP contribution in [0, 0.1) is 24.5 Å². The lowest BCUT2D eigenvalue weighted by Gasteiger charge is -2.31. The van der Waals surface area contributed by atoms with Gasteiger partial charge in [0.1, 0.15) is 16.5 Å². The summed E-state index contributed by atoms with van der Waals surface area (Å²) >= 11 is 0. The molecule has 1 fully saturated rings. The minimum Gasteiger partial charge on any atom is -0.317 e. The van der Waals surface area contributed by atoms with Crippen molar-refractivity contribution in [2.24, 2.45) is 5.92 Å². The molecule has 1 aliphatic heterocycles. The van der Waals surface area contributed by atoms with E-state index < -0.39 is 26.6 Å². The van der Waals surface area contributed by atoms with Gasteiger partial charge in [-0.25, -0.2) is 17.2 Å². The van der Waals surface area contributed by atoms with Crippen LogP contribution in [0.25, 0.3) is 0 Å². The fourth-order valence-electron chi connectivity index (χ4n) is 2.67. The molecule has 0 unspecified atom stereocenters. The number of aryl methyl sites for hydroxylation is 1. The molecule has 0 bridgehead atoms. The number of rotatable bonds is 5. The summed E-state index contributed by atoms with van der Waals surface area (Å²) in [5, 5.41) is 3.26. The highest BCUT2D eigenvalue weighted by atomic mass is 35.5. The number of hydrogen-bond acceptors (Lipinski definition) is 3. The largest absolute Gasteiger partial charge is 0.317 e. The topological polar surface area (TPSA) is 49.4 Å². The van der Waals surface area contributed by atoms with E-state index in [9.17, 15) is 17.2 Å². The number of piperidine rings is 1. The van der Waals surface area contributed by atoms with E-state index in [1.54, 1.807) is 0 Å². The Morgan fingerprint density at radius 2 is 1.83 bits per heavy atom. The minimum atomic E-state index is -3.90. The lowest BCUT2D eigenvalue weighted by Crippen LogP contribution is -2.41. The van der Waals surface area contributed by atoms with E-state index in [-0.39, 0.29) is 18.0 Å². The number of hydrogen-bond donors (Lipinski definition) is 1. The fraction of sp³-hybridized carbons (Fsp3) is 0.600. The van der Waals surface area contributed by atoms with Gasteiger partial charge in [0, 0.05) is 19.2 Å². The Morgan fingerprint density at radius 1 is 1.22 bits per heavy atom. The molecule has 23 heavy (non-hydrogen) atoms. The first kappa shape index (κ1) is 20.3. The van der Waals surface area contributed by atoms with Crippen LogP contribution in [-0.2, 0) is 10.0 Å². The van der Waals surface area contributed by atoms with Crippen molar-refractivity contribution in [3.8, 4) is 0 Å². The fourth-order valence-corrected chi connectivity index (χ4v) is 4.27. The number of benzene rings is 1. The van der Waals surface area contributed by atoms with Gasteiger partial charge >= 0.3 is 0 Å². The van der Waals surface area contributed by atoms with E-state index in [1.165, 1.54) is 11.2 Å². The maximum Gasteiger partial charge on any atom is 0.245 e. The molecule has 132 valence electrons. The zero-order chi connectivity index (χ0) is 16.3. The Bertz CT molecular complexity index is 633. The number of halogens is 3. The van der Waals surface area contributed by atoms with Gasteiger partial charge in [-0.1, -0.05) is 6.92 Å². The maximum atomic E-state index is 13.9. The molecule has 0 amide bonds. The Morgan fingerprint density at radius 3 is 2.39 bits per heavy atom. The van der Waals surface area contributed by atoms with Crippen LogP contribution in [0.15, 0.2) is 17.0 Å². The zero-order valence-electron chi connectivity index (χ0n) is 13.3. The molecule has 8 heteroatoms. The van der Waals surface area contributed by atoms with Crippen molar-refractivity contribution < 1.29 is 17.2 Å². The molecule has 0 aliphatic carbocycles. The van der Waals surface area contributed by atoms with E-state index in [0.717, 1.165) is 32.0 Å². The number of nitrogens with one attached hydrogen (secondary N) is 1. The molecule has 1 heterocycles. The third kappa shape index (κ3) is 4.62. The van der Waals surface area contributed by atoms with Crippen LogP contribution in [0.4, 0.5) is 8.78 Å². The van der Waals surface area contributed by atoms with Crippen molar-refractivity contribution in [3.63, 3.8) is 0 Å². The predicted octanol–water partition coefficient (Wildman–Crippen LogP) is 2.71. The molecule has 1 saturated heterocycles. The molecular formula is C15H23ClF2N2O2S. The summed E-state index contributed by atoms with van der Waals surface area (Å²) in [7, 11) is -3.90. The highest BCUT2D eigenvalue weighted by Crippen LogP contribution is 2.26. The van der Waals surface area contributed by atoms with Gasteiger partial charge in [0.2, 0.25) is 10.0 Å². The maximum absolute atomic E-state index is 13.9. The third-order valence-corrected chi connectivity index (χ3v) is 6.00. The van der Waals surface area contributed by atoms with Gasteiger partial charge in [-0.15, -0.1) is 12.4 Å². The summed E-state index contributed by atoms with van der Waals surface area (Å²) in [6.45, 7) is 5.95. The zero-order valence-corrected chi connectivity index (χ0v) is 14.9. The van der Waals surface area contributed by atoms with E-state index in [0.29, 0.717) is 25.1 Å². The van der Waals surface area contributed by atoms with Crippen LogP contribution in [0.1, 0.15) is 25.3 Å². The Balaban J connectivity index is 0.00000264. The Labute approximate surface area is 142 Å². The average Bonchev–Trinajstić information content (AvgIpc) is 2.49. The van der Waals surface area contributed by atoms with Crippen molar-refractivity contribution in [2.45, 2.75) is 31.6 Å². The molecule has 1 aliphatic rings. The lowest BCUT2D eigenvalue weighted by atomic mass is 9.98. The monoisotopic (exact) mass is 368 g/mol. The average molecular weight is 369 g/mol.